The van der Waals surface area contributed by atoms with Gasteiger partial charge in [-0.1, -0.05) is 6.92 Å². The third-order valence-electron chi connectivity index (χ3n) is 1.48. The average molecular weight is 218 g/mol. The van der Waals surface area contributed by atoms with Crippen LogP contribution in [0.5, 0.6) is 0 Å². The molecule has 0 aliphatic carbocycles. The van der Waals surface area contributed by atoms with E-state index >= 15 is 0 Å². The molecule has 4 nitrogen and oxygen atoms in total. The van der Waals surface area contributed by atoms with Crippen molar-refractivity contribution in [2.45, 2.75) is 13.3 Å². The van der Waals surface area contributed by atoms with Crippen LogP contribution in [-0.2, 0) is 10.0 Å². The van der Waals surface area contributed by atoms with Crippen LogP contribution in [0.4, 0.5) is 10.2 Å². The molecule has 0 aromatic carbocycles. The number of anilines is 1. The van der Waals surface area contributed by atoms with Gasteiger partial charge in [-0.2, -0.15) is 0 Å². The molecule has 0 bridgehead atoms. The first kappa shape index (κ1) is 10.9. The lowest BCUT2D eigenvalue weighted by molar-refractivity contribution is 0.596. The van der Waals surface area contributed by atoms with Crippen LogP contribution in [0.15, 0.2) is 18.3 Å². The number of hydrogen-bond donors (Lipinski definition) is 1. The Kier molecular flexibility index (Phi) is 3.40. The minimum Gasteiger partial charge on any atom is -0.265 e. The Morgan fingerprint density at radius 3 is 2.86 bits per heavy atom. The van der Waals surface area contributed by atoms with Gasteiger partial charge in [-0.3, -0.25) is 4.72 Å². The van der Waals surface area contributed by atoms with Crippen molar-refractivity contribution in [2.75, 3.05) is 10.5 Å². The molecule has 0 saturated carbocycles. The number of halogens is 1. The zero-order valence-corrected chi connectivity index (χ0v) is 8.51. The molecule has 0 atom stereocenters. The molecule has 78 valence electrons. The summed E-state index contributed by atoms with van der Waals surface area (Å²) in [6.07, 6.45) is 1.80. The van der Waals surface area contributed by atoms with Gasteiger partial charge in [0.1, 0.15) is 0 Å². The number of rotatable bonds is 4. The van der Waals surface area contributed by atoms with E-state index < -0.39 is 15.8 Å². The maximum Gasteiger partial charge on any atom is 0.233 e. The summed E-state index contributed by atoms with van der Waals surface area (Å²) < 4.78 is 37.5. The first-order valence-electron chi connectivity index (χ1n) is 4.16. The van der Waals surface area contributed by atoms with E-state index in [9.17, 15) is 12.8 Å². The van der Waals surface area contributed by atoms with Crippen molar-refractivity contribution in [1.82, 2.24) is 4.98 Å². The van der Waals surface area contributed by atoms with Gasteiger partial charge in [0.15, 0.2) is 11.6 Å². The van der Waals surface area contributed by atoms with Crippen LogP contribution in [-0.4, -0.2) is 19.2 Å². The SMILES string of the molecule is CCCS(=O)(=O)Nc1ncccc1F. The summed E-state index contributed by atoms with van der Waals surface area (Å²) in [6, 6.07) is 2.55. The molecule has 14 heavy (non-hydrogen) atoms. The van der Waals surface area contributed by atoms with Crippen LogP contribution in [0, 0.1) is 5.82 Å². The van der Waals surface area contributed by atoms with E-state index in [1.807, 2.05) is 0 Å². The average Bonchev–Trinajstić information content (AvgIpc) is 2.08. The number of sulfonamides is 1. The van der Waals surface area contributed by atoms with Crippen LogP contribution in [0.25, 0.3) is 0 Å². The van der Waals surface area contributed by atoms with Gasteiger partial charge in [0.2, 0.25) is 10.0 Å². The fourth-order valence-corrected chi connectivity index (χ4v) is 2.01. The zero-order valence-electron chi connectivity index (χ0n) is 7.70. The predicted octanol–water partition coefficient (Wildman–Crippen LogP) is 1.37. The van der Waals surface area contributed by atoms with Crippen molar-refractivity contribution in [2.24, 2.45) is 0 Å². The maximum absolute atomic E-state index is 13.0. The molecule has 0 radical (unpaired) electrons. The second kappa shape index (κ2) is 4.36. The maximum atomic E-state index is 13.0. The van der Waals surface area contributed by atoms with Crippen molar-refractivity contribution in [3.8, 4) is 0 Å². The fourth-order valence-electron chi connectivity index (χ4n) is 0.928. The van der Waals surface area contributed by atoms with Crippen LogP contribution in [0.2, 0.25) is 0 Å². The van der Waals surface area contributed by atoms with E-state index in [4.69, 9.17) is 0 Å². The number of hydrogen-bond acceptors (Lipinski definition) is 3. The molecule has 0 fully saturated rings. The molecule has 1 aromatic rings. The highest BCUT2D eigenvalue weighted by Crippen LogP contribution is 2.10. The molecule has 0 amide bonds. The minimum atomic E-state index is -3.46. The topological polar surface area (TPSA) is 59.1 Å². The molecular weight excluding hydrogens is 207 g/mol. The number of aromatic nitrogens is 1. The van der Waals surface area contributed by atoms with Crippen molar-refractivity contribution in [1.29, 1.82) is 0 Å². The van der Waals surface area contributed by atoms with Gasteiger partial charge in [-0.15, -0.1) is 0 Å². The van der Waals surface area contributed by atoms with E-state index in [2.05, 4.69) is 9.71 Å². The second-order valence-electron chi connectivity index (χ2n) is 2.75. The lowest BCUT2D eigenvalue weighted by Gasteiger charge is -2.05. The van der Waals surface area contributed by atoms with Crippen LogP contribution < -0.4 is 4.72 Å². The van der Waals surface area contributed by atoms with Crippen molar-refractivity contribution < 1.29 is 12.8 Å². The molecule has 0 saturated heterocycles. The summed E-state index contributed by atoms with van der Waals surface area (Å²) in [4.78, 5) is 3.58. The molecule has 0 spiro atoms. The lowest BCUT2D eigenvalue weighted by Crippen LogP contribution is -2.17. The van der Waals surface area contributed by atoms with Gasteiger partial charge in [0, 0.05) is 6.20 Å². The van der Waals surface area contributed by atoms with Gasteiger partial charge >= 0.3 is 0 Å². The molecule has 0 aliphatic rings. The van der Waals surface area contributed by atoms with E-state index in [-0.39, 0.29) is 11.6 Å². The molecule has 0 unspecified atom stereocenters. The quantitative estimate of drug-likeness (QED) is 0.830. The second-order valence-corrected chi connectivity index (χ2v) is 4.60. The summed E-state index contributed by atoms with van der Waals surface area (Å²) in [5.74, 6) is -0.962. The van der Waals surface area contributed by atoms with Gasteiger partial charge in [0.05, 0.1) is 5.75 Å². The molecule has 1 rings (SSSR count). The van der Waals surface area contributed by atoms with Gasteiger partial charge in [-0.25, -0.2) is 17.8 Å². The first-order chi connectivity index (χ1) is 6.55. The van der Waals surface area contributed by atoms with Crippen molar-refractivity contribution in [3.05, 3.63) is 24.1 Å². The standard InChI is InChI=1S/C8H11FN2O2S/c1-2-6-14(12,13)11-8-7(9)4-3-5-10-8/h3-5H,2,6H2,1H3,(H,10,11). The summed E-state index contributed by atoms with van der Waals surface area (Å²) in [5.41, 5.74) is 0. The fraction of sp³-hybridized carbons (Fsp3) is 0.375. The normalized spacial score (nSPS) is 11.3. The molecule has 1 aromatic heterocycles. The van der Waals surface area contributed by atoms with E-state index in [1.165, 1.54) is 12.3 Å². The molecule has 6 heteroatoms. The van der Waals surface area contributed by atoms with Crippen LogP contribution in [0.3, 0.4) is 0 Å². The molecule has 0 aliphatic heterocycles. The van der Waals surface area contributed by atoms with E-state index in [0.29, 0.717) is 6.42 Å². The van der Waals surface area contributed by atoms with E-state index in [0.717, 1.165) is 6.07 Å². The first-order valence-corrected chi connectivity index (χ1v) is 5.81. The Hall–Kier alpha value is -1.17. The Labute approximate surface area is 82.2 Å². The van der Waals surface area contributed by atoms with E-state index in [1.54, 1.807) is 6.92 Å². The predicted molar refractivity (Wildman–Crippen MR) is 51.9 cm³/mol. The van der Waals surface area contributed by atoms with Crippen molar-refractivity contribution >= 4 is 15.8 Å². The summed E-state index contributed by atoms with van der Waals surface area (Å²) >= 11 is 0. The molecular formula is C8H11FN2O2S. The summed E-state index contributed by atoms with van der Waals surface area (Å²) in [5, 5.41) is 0. The smallest absolute Gasteiger partial charge is 0.233 e. The van der Waals surface area contributed by atoms with Crippen LogP contribution >= 0.6 is 0 Å². The number of pyridine rings is 1. The lowest BCUT2D eigenvalue weighted by atomic mass is 10.4. The zero-order chi connectivity index (χ0) is 10.6. The third kappa shape index (κ3) is 2.95. The number of nitrogens with one attached hydrogen (secondary N) is 1. The third-order valence-corrected chi connectivity index (χ3v) is 2.93. The minimum absolute atomic E-state index is 0.0387. The Bertz CT molecular complexity index is 406. The van der Waals surface area contributed by atoms with Gasteiger partial charge in [-0.05, 0) is 18.6 Å². The Morgan fingerprint density at radius 1 is 1.57 bits per heavy atom. The summed E-state index contributed by atoms with van der Waals surface area (Å²) in [6.45, 7) is 1.73. The number of nitrogens with zero attached hydrogens (tertiary/aromatic N) is 1. The molecule has 1 N–H and O–H groups in total. The van der Waals surface area contributed by atoms with Crippen molar-refractivity contribution in [3.63, 3.8) is 0 Å². The highest BCUT2D eigenvalue weighted by Gasteiger charge is 2.12. The summed E-state index contributed by atoms with van der Waals surface area (Å²) in [7, 11) is -3.46. The Morgan fingerprint density at radius 2 is 2.29 bits per heavy atom. The van der Waals surface area contributed by atoms with Crippen LogP contribution in [0.1, 0.15) is 13.3 Å². The van der Waals surface area contributed by atoms with Gasteiger partial charge < -0.3 is 0 Å². The van der Waals surface area contributed by atoms with Gasteiger partial charge in [0.25, 0.3) is 0 Å². The molecule has 1 heterocycles. The monoisotopic (exact) mass is 218 g/mol. The Balaban J connectivity index is 2.84. The largest absolute Gasteiger partial charge is 0.265 e. The highest BCUT2D eigenvalue weighted by atomic mass is 32.2. The highest BCUT2D eigenvalue weighted by molar-refractivity contribution is 7.92.